The van der Waals surface area contributed by atoms with Crippen LogP contribution in [-0.4, -0.2) is 52.8 Å². The predicted molar refractivity (Wildman–Crippen MR) is 75.1 cm³/mol. The zero-order valence-corrected chi connectivity index (χ0v) is 11.7. The fraction of sp³-hybridized carbons (Fsp3) is 0.692. The molecular formula is C13H23N5O. The van der Waals surface area contributed by atoms with Crippen LogP contribution in [0.4, 0.5) is 5.82 Å². The van der Waals surface area contributed by atoms with Gasteiger partial charge in [0.25, 0.3) is 0 Å². The molecule has 0 aliphatic carbocycles. The minimum atomic E-state index is 0.0339. The normalized spacial score (nSPS) is 20.4. The highest BCUT2D eigenvalue weighted by atomic mass is 16.2. The number of hydrogen-bond acceptors (Lipinski definition) is 4. The largest absolute Gasteiger partial charge is 0.314 e. The van der Waals surface area contributed by atoms with Gasteiger partial charge >= 0.3 is 0 Å². The van der Waals surface area contributed by atoms with Crippen LogP contribution in [0.25, 0.3) is 0 Å². The molecule has 1 saturated heterocycles. The van der Waals surface area contributed by atoms with Gasteiger partial charge in [-0.05, 0) is 13.3 Å². The topological polar surface area (TPSA) is 62.2 Å². The summed E-state index contributed by atoms with van der Waals surface area (Å²) in [6, 6.07) is 2.24. The average Bonchev–Trinajstić information content (AvgIpc) is 2.80. The molecule has 0 spiro atoms. The van der Waals surface area contributed by atoms with Crippen LogP contribution < -0.4 is 10.6 Å². The quantitative estimate of drug-likeness (QED) is 0.815. The van der Waals surface area contributed by atoms with Crippen LogP contribution in [0.15, 0.2) is 12.3 Å². The molecule has 1 atom stereocenters. The summed E-state index contributed by atoms with van der Waals surface area (Å²) in [4.78, 5) is 14.3. The molecule has 1 aromatic heterocycles. The van der Waals surface area contributed by atoms with Crippen LogP contribution >= 0.6 is 0 Å². The summed E-state index contributed by atoms with van der Waals surface area (Å²) in [6.07, 6.45) is 2.72. The van der Waals surface area contributed by atoms with Crippen molar-refractivity contribution in [1.82, 2.24) is 20.0 Å². The van der Waals surface area contributed by atoms with Gasteiger partial charge in [0.2, 0.25) is 5.91 Å². The number of rotatable bonds is 5. The Balaban J connectivity index is 1.88. The van der Waals surface area contributed by atoms with Crippen molar-refractivity contribution in [3.63, 3.8) is 0 Å². The Bertz CT molecular complexity index is 417. The second-order valence-corrected chi connectivity index (χ2v) is 5.01. The lowest BCUT2D eigenvalue weighted by atomic mass is 10.2. The lowest BCUT2D eigenvalue weighted by Gasteiger charge is -2.33. The van der Waals surface area contributed by atoms with Crippen molar-refractivity contribution in [2.45, 2.75) is 32.9 Å². The van der Waals surface area contributed by atoms with E-state index in [0.717, 1.165) is 38.4 Å². The number of hydrogen-bond donors (Lipinski definition) is 2. The van der Waals surface area contributed by atoms with Gasteiger partial charge in [0.1, 0.15) is 5.82 Å². The van der Waals surface area contributed by atoms with E-state index in [9.17, 15) is 4.79 Å². The van der Waals surface area contributed by atoms with Crippen LogP contribution in [-0.2, 0) is 11.3 Å². The first-order chi connectivity index (χ1) is 9.20. The molecule has 2 N–H and O–H groups in total. The Labute approximate surface area is 114 Å². The minimum absolute atomic E-state index is 0.0339. The maximum atomic E-state index is 12.1. The Morgan fingerprint density at radius 3 is 3.21 bits per heavy atom. The number of piperazine rings is 1. The number of anilines is 1. The summed E-state index contributed by atoms with van der Waals surface area (Å²) in [5.74, 6) is 0.821. The molecule has 106 valence electrons. The van der Waals surface area contributed by atoms with E-state index in [-0.39, 0.29) is 5.91 Å². The molecule has 1 amide bonds. The number of carbonyl (C=O) groups is 1. The molecule has 6 heteroatoms. The van der Waals surface area contributed by atoms with E-state index in [1.165, 1.54) is 0 Å². The van der Waals surface area contributed by atoms with Gasteiger partial charge in [-0.3, -0.25) is 9.69 Å². The molecule has 2 heterocycles. The third-order valence-corrected chi connectivity index (χ3v) is 3.41. The van der Waals surface area contributed by atoms with Crippen molar-refractivity contribution in [3.05, 3.63) is 12.3 Å². The van der Waals surface area contributed by atoms with Crippen molar-refractivity contribution in [2.24, 2.45) is 0 Å². The second kappa shape index (κ2) is 6.68. The summed E-state index contributed by atoms with van der Waals surface area (Å²) in [5.41, 5.74) is 0. The number of nitrogens with one attached hydrogen (secondary N) is 2. The molecular weight excluding hydrogens is 242 g/mol. The number of nitrogens with zero attached hydrogens (tertiary/aromatic N) is 3. The van der Waals surface area contributed by atoms with Gasteiger partial charge in [0.15, 0.2) is 0 Å². The lowest BCUT2D eigenvalue weighted by Crippen LogP contribution is -2.52. The van der Waals surface area contributed by atoms with Crippen LogP contribution in [0.3, 0.4) is 0 Å². The zero-order valence-electron chi connectivity index (χ0n) is 11.7. The standard InChI is InChI=1S/C13H23N5O/c1-3-7-18-12(4-5-15-18)16-13(19)10-17-8-6-14-9-11(17)2/h4-5,11,14H,3,6-10H2,1-2H3,(H,16,19)/t11-/m0/s1. The number of aromatic nitrogens is 2. The smallest absolute Gasteiger partial charge is 0.239 e. The zero-order chi connectivity index (χ0) is 13.7. The van der Waals surface area contributed by atoms with Gasteiger partial charge in [0, 0.05) is 38.3 Å². The lowest BCUT2D eigenvalue weighted by molar-refractivity contribution is -0.118. The monoisotopic (exact) mass is 265 g/mol. The molecule has 1 aliphatic rings. The fourth-order valence-electron chi connectivity index (χ4n) is 2.31. The first kappa shape index (κ1) is 14.0. The van der Waals surface area contributed by atoms with Crippen molar-refractivity contribution in [2.75, 3.05) is 31.5 Å². The summed E-state index contributed by atoms with van der Waals surface area (Å²) in [5, 5.41) is 10.5. The van der Waals surface area contributed by atoms with E-state index in [0.29, 0.717) is 12.6 Å². The second-order valence-electron chi connectivity index (χ2n) is 5.01. The van der Waals surface area contributed by atoms with Gasteiger partial charge in [0.05, 0.1) is 12.7 Å². The maximum Gasteiger partial charge on any atom is 0.239 e. The van der Waals surface area contributed by atoms with E-state index in [1.54, 1.807) is 6.20 Å². The van der Waals surface area contributed by atoms with Crippen LogP contribution in [0.1, 0.15) is 20.3 Å². The van der Waals surface area contributed by atoms with Crippen molar-refractivity contribution >= 4 is 11.7 Å². The van der Waals surface area contributed by atoms with Crippen molar-refractivity contribution < 1.29 is 4.79 Å². The summed E-state index contributed by atoms with van der Waals surface area (Å²) >= 11 is 0. The van der Waals surface area contributed by atoms with E-state index >= 15 is 0 Å². The fourth-order valence-corrected chi connectivity index (χ4v) is 2.31. The molecule has 6 nitrogen and oxygen atoms in total. The first-order valence-corrected chi connectivity index (χ1v) is 6.97. The molecule has 0 unspecified atom stereocenters. The molecule has 0 aromatic carbocycles. The van der Waals surface area contributed by atoms with Crippen molar-refractivity contribution in [1.29, 1.82) is 0 Å². The van der Waals surface area contributed by atoms with Crippen LogP contribution in [0.2, 0.25) is 0 Å². The Kier molecular flexibility index (Phi) is 4.93. The van der Waals surface area contributed by atoms with Gasteiger partial charge in [-0.2, -0.15) is 5.10 Å². The maximum absolute atomic E-state index is 12.1. The highest BCUT2D eigenvalue weighted by Crippen LogP contribution is 2.08. The molecule has 1 aliphatic heterocycles. The SMILES string of the molecule is CCCn1nccc1NC(=O)CN1CCNC[C@@H]1C. The summed E-state index contributed by atoms with van der Waals surface area (Å²) < 4.78 is 1.83. The highest BCUT2D eigenvalue weighted by molar-refractivity contribution is 5.91. The summed E-state index contributed by atoms with van der Waals surface area (Å²) in [7, 11) is 0. The van der Waals surface area contributed by atoms with Gasteiger partial charge in [-0.25, -0.2) is 4.68 Å². The van der Waals surface area contributed by atoms with Gasteiger partial charge in [-0.1, -0.05) is 6.92 Å². The minimum Gasteiger partial charge on any atom is -0.314 e. The molecule has 2 rings (SSSR count). The van der Waals surface area contributed by atoms with Gasteiger partial charge < -0.3 is 10.6 Å². The van der Waals surface area contributed by atoms with Crippen molar-refractivity contribution in [3.8, 4) is 0 Å². The molecule has 0 saturated carbocycles. The molecule has 0 bridgehead atoms. The molecule has 1 fully saturated rings. The number of carbonyl (C=O) groups excluding carboxylic acids is 1. The average molecular weight is 265 g/mol. The van der Waals surface area contributed by atoms with Crippen LogP contribution in [0, 0.1) is 0 Å². The third kappa shape index (κ3) is 3.78. The van der Waals surface area contributed by atoms with E-state index < -0.39 is 0 Å². The van der Waals surface area contributed by atoms with E-state index in [4.69, 9.17) is 0 Å². The van der Waals surface area contributed by atoms with Gasteiger partial charge in [-0.15, -0.1) is 0 Å². The molecule has 1 aromatic rings. The molecule has 19 heavy (non-hydrogen) atoms. The van der Waals surface area contributed by atoms with Crippen LogP contribution in [0.5, 0.6) is 0 Å². The molecule has 0 radical (unpaired) electrons. The number of aryl methyl sites for hydroxylation is 1. The Hall–Kier alpha value is -1.40. The Morgan fingerprint density at radius 1 is 1.63 bits per heavy atom. The Morgan fingerprint density at radius 2 is 2.47 bits per heavy atom. The highest BCUT2D eigenvalue weighted by Gasteiger charge is 2.20. The van der Waals surface area contributed by atoms with E-state index in [1.807, 2.05) is 10.7 Å². The third-order valence-electron chi connectivity index (χ3n) is 3.41. The predicted octanol–water partition coefficient (Wildman–Crippen LogP) is 0.525. The van der Waals surface area contributed by atoms with E-state index in [2.05, 4.69) is 34.5 Å². The summed E-state index contributed by atoms with van der Waals surface area (Å²) in [6.45, 7) is 8.32. The first-order valence-electron chi connectivity index (χ1n) is 6.97. The number of amides is 1.